The predicted molar refractivity (Wildman–Crippen MR) is 66.0 cm³/mol. The molecule has 1 N–H and O–H groups in total. The van der Waals surface area contributed by atoms with E-state index in [0.717, 1.165) is 23.1 Å². The molecule has 1 saturated heterocycles. The molecule has 0 bridgehead atoms. The minimum Gasteiger partial charge on any atom is -0.373 e. The lowest BCUT2D eigenvalue weighted by Crippen LogP contribution is -2.31. The van der Waals surface area contributed by atoms with Crippen molar-refractivity contribution in [3.63, 3.8) is 0 Å². The monoisotopic (exact) mass is 297 g/mol. The third-order valence-electron chi connectivity index (χ3n) is 3.17. The number of alkyl halides is 3. The van der Waals surface area contributed by atoms with Gasteiger partial charge in [-0.1, -0.05) is 0 Å². The van der Waals surface area contributed by atoms with Crippen molar-refractivity contribution in [2.45, 2.75) is 18.6 Å². The molecule has 2 rings (SSSR count). The summed E-state index contributed by atoms with van der Waals surface area (Å²) in [5.74, 6) is -0.830. The number of rotatable bonds is 2. The fourth-order valence-electron chi connectivity index (χ4n) is 2.04. The van der Waals surface area contributed by atoms with Crippen LogP contribution in [0.3, 0.4) is 0 Å². The van der Waals surface area contributed by atoms with Crippen molar-refractivity contribution in [2.75, 3.05) is 12.4 Å². The van der Waals surface area contributed by atoms with E-state index in [1.807, 2.05) is 0 Å². The first kappa shape index (κ1) is 14.8. The zero-order valence-corrected chi connectivity index (χ0v) is 10.9. The zero-order valence-electron chi connectivity index (χ0n) is 10.9. The van der Waals surface area contributed by atoms with Crippen LogP contribution in [0.4, 0.5) is 18.9 Å². The van der Waals surface area contributed by atoms with Crippen molar-refractivity contribution in [1.82, 2.24) is 4.90 Å². The van der Waals surface area contributed by atoms with Crippen LogP contribution < -0.4 is 5.32 Å². The maximum atomic E-state index is 12.7. The Kier molecular flexibility index (Phi) is 3.60. The molecule has 0 spiro atoms. The molecule has 0 aromatic heterocycles. The van der Waals surface area contributed by atoms with Gasteiger partial charge in [0, 0.05) is 12.7 Å². The molecule has 1 aliphatic heterocycles. The van der Waals surface area contributed by atoms with Gasteiger partial charge in [0.15, 0.2) is 0 Å². The Morgan fingerprint density at radius 1 is 1.38 bits per heavy atom. The number of carbonyl (C=O) groups is 2. The molecule has 0 aliphatic carbocycles. The molecule has 0 radical (unpaired) electrons. The number of hydrogen-bond acceptors (Lipinski definition) is 4. The highest BCUT2D eigenvalue weighted by atomic mass is 19.4. The first-order valence-electron chi connectivity index (χ1n) is 5.92. The number of anilines is 1. The quantitative estimate of drug-likeness (QED) is 0.844. The maximum absolute atomic E-state index is 12.7. The third kappa shape index (κ3) is 2.81. The maximum Gasteiger partial charge on any atom is 0.417 e. The van der Waals surface area contributed by atoms with Crippen LogP contribution in [0.25, 0.3) is 0 Å². The van der Waals surface area contributed by atoms with Crippen LogP contribution >= 0.6 is 0 Å². The van der Waals surface area contributed by atoms with Gasteiger partial charge < -0.3 is 5.32 Å². The summed E-state index contributed by atoms with van der Waals surface area (Å²) in [5.41, 5.74) is -1.40. The Balaban J connectivity index is 2.26. The molecule has 1 unspecified atom stereocenters. The highest BCUT2D eigenvalue weighted by Gasteiger charge is 2.37. The van der Waals surface area contributed by atoms with E-state index >= 15 is 0 Å². The molecule has 2 amide bonds. The minimum absolute atomic E-state index is 0.0712. The highest BCUT2D eigenvalue weighted by molar-refractivity contribution is 6.06. The van der Waals surface area contributed by atoms with E-state index in [1.54, 1.807) is 0 Å². The van der Waals surface area contributed by atoms with Crippen molar-refractivity contribution in [3.8, 4) is 6.07 Å². The summed E-state index contributed by atoms with van der Waals surface area (Å²) in [5, 5.41) is 11.5. The van der Waals surface area contributed by atoms with Crippen LogP contribution in [0.1, 0.15) is 17.5 Å². The molecule has 110 valence electrons. The Morgan fingerprint density at radius 2 is 2.05 bits per heavy atom. The summed E-state index contributed by atoms with van der Waals surface area (Å²) in [7, 11) is 1.33. The summed E-state index contributed by atoms with van der Waals surface area (Å²) in [4.78, 5) is 24.0. The smallest absolute Gasteiger partial charge is 0.373 e. The Hall–Kier alpha value is -2.56. The lowest BCUT2D eigenvalue weighted by Gasteiger charge is -2.14. The molecular formula is C13H10F3N3O2. The van der Waals surface area contributed by atoms with Crippen LogP contribution in [-0.4, -0.2) is 29.8 Å². The van der Waals surface area contributed by atoms with Gasteiger partial charge in [-0.15, -0.1) is 0 Å². The van der Waals surface area contributed by atoms with Gasteiger partial charge in [-0.05, 0) is 18.2 Å². The normalized spacial score (nSPS) is 18.8. The van der Waals surface area contributed by atoms with Gasteiger partial charge in [-0.2, -0.15) is 18.4 Å². The highest BCUT2D eigenvalue weighted by Crippen LogP contribution is 2.33. The summed E-state index contributed by atoms with van der Waals surface area (Å²) < 4.78 is 38.0. The predicted octanol–water partition coefficient (Wildman–Crippen LogP) is 1.75. The summed E-state index contributed by atoms with van der Waals surface area (Å²) in [6.07, 6.45) is -4.69. The molecule has 1 aliphatic rings. The number of likely N-dealkylation sites (N-methyl/N-ethyl adjacent to an activating group) is 1. The zero-order chi connectivity index (χ0) is 15.8. The van der Waals surface area contributed by atoms with Crippen molar-refractivity contribution in [1.29, 1.82) is 5.26 Å². The number of nitriles is 1. The van der Waals surface area contributed by atoms with Crippen LogP contribution in [0.5, 0.6) is 0 Å². The second kappa shape index (κ2) is 5.09. The summed E-state index contributed by atoms with van der Waals surface area (Å²) in [6.45, 7) is 0. The van der Waals surface area contributed by atoms with E-state index in [-0.39, 0.29) is 18.0 Å². The number of amides is 2. The fourth-order valence-corrected chi connectivity index (χ4v) is 2.04. The Labute approximate surface area is 118 Å². The van der Waals surface area contributed by atoms with E-state index in [2.05, 4.69) is 5.32 Å². The second-order valence-corrected chi connectivity index (χ2v) is 4.56. The Morgan fingerprint density at radius 3 is 2.52 bits per heavy atom. The number of nitrogens with zero attached hydrogens (tertiary/aromatic N) is 2. The summed E-state index contributed by atoms with van der Waals surface area (Å²) >= 11 is 0. The van der Waals surface area contributed by atoms with Gasteiger partial charge in [-0.3, -0.25) is 14.5 Å². The molecule has 1 aromatic rings. The first-order valence-corrected chi connectivity index (χ1v) is 5.92. The van der Waals surface area contributed by atoms with E-state index in [0.29, 0.717) is 0 Å². The van der Waals surface area contributed by atoms with Crippen molar-refractivity contribution in [3.05, 3.63) is 29.3 Å². The first-order chi connectivity index (χ1) is 9.74. The number of likely N-dealkylation sites (tertiary alicyclic amines) is 1. The largest absolute Gasteiger partial charge is 0.417 e. The molecule has 1 atom stereocenters. The second-order valence-electron chi connectivity index (χ2n) is 4.56. The lowest BCUT2D eigenvalue weighted by atomic mass is 10.1. The third-order valence-corrected chi connectivity index (χ3v) is 3.17. The molecule has 1 aromatic carbocycles. The molecule has 1 fully saturated rings. The average molecular weight is 297 g/mol. The van der Waals surface area contributed by atoms with Gasteiger partial charge in [0.05, 0.1) is 23.6 Å². The van der Waals surface area contributed by atoms with Crippen LogP contribution in [0, 0.1) is 11.3 Å². The van der Waals surface area contributed by atoms with E-state index in [9.17, 15) is 22.8 Å². The van der Waals surface area contributed by atoms with Crippen LogP contribution in [-0.2, 0) is 15.8 Å². The van der Waals surface area contributed by atoms with Gasteiger partial charge in [0.25, 0.3) is 5.91 Å². The van der Waals surface area contributed by atoms with E-state index in [1.165, 1.54) is 13.1 Å². The van der Waals surface area contributed by atoms with E-state index in [4.69, 9.17) is 5.26 Å². The number of benzene rings is 1. The lowest BCUT2D eigenvalue weighted by molar-refractivity contribution is -0.138. The van der Waals surface area contributed by atoms with Crippen molar-refractivity contribution < 1.29 is 22.8 Å². The van der Waals surface area contributed by atoms with Crippen LogP contribution in [0.15, 0.2) is 18.2 Å². The van der Waals surface area contributed by atoms with E-state index < -0.39 is 29.3 Å². The molecule has 1 heterocycles. The standard InChI is InChI=1S/C13H10F3N3O2/c1-19-11(20)5-10(12(19)21)18-8-2-3-9(13(14,15)16)7(4-8)6-17/h2-4,10,18H,5H2,1H3. The van der Waals surface area contributed by atoms with Gasteiger partial charge in [0.1, 0.15) is 6.04 Å². The number of hydrogen-bond donors (Lipinski definition) is 1. The number of imide groups is 1. The minimum atomic E-state index is -4.62. The van der Waals surface area contributed by atoms with Gasteiger partial charge in [0.2, 0.25) is 5.91 Å². The fraction of sp³-hybridized carbons (Fsp3) is 0.308. The average Bonchev–Trinajstić information content (AvgIpc) is 2.65. The number of nitrogens with one attached hydrogen (secondary N) is 1. The molecule has 21 heavy (non-hydrogen) atoms. The molecule has 8 heteroatoms. The molecule has 0 saturated carbocycles. The molecular weight excluding hydrogens is 287 g/mol. The SMILES string of the molecule is CN1C(=O)CC(Nc2ccc(C(F)(F)F)c(C#N)c2)C1=O. The molecule has 5 nitrogen and oxygen atoms in total. The van der Waals surface area contributed by atoms with Crippen LogP contribution in [0.2, 0.25) is 0 Å². The van der Waals surface area contributed by atoms with Crippen molar-refractivity contribution >= 4 is 17.5 Å². The number of carbonyl (C=O) groups excluding carboxylic acids is 2. The number of halogens is 3. The Bertz CT molecular complexity index is 649. The van der Waals surface area contributed by atoms with Crippen molar-refractivity contribution in [2.24, 2.45) is 0 Å². The summed E-state index contributed by atoms with van der Waals surface area (Å²) in [6, 6.07) is 3.55. The van der Waals surface area contributed by atoms with Gasteiger partial charge in [-0.25, -0.2) is 0 Å². The topological polar surface area (TPSA) is 73.2 Å². The van der Waals surface area contributed by atoms with Gasteiger partial charge >= 0.3 is 6.18 Å².